The predicted molar refractivity (Wildman–Crippen MR) is 146 cm³/mol. The summed E-state index contributed by atoms with van der Waals surface area (Å²) in [6.07, 6.45) is 4.50. The van der Waals surface area contributed by atoms with Crippen molar-refractivity contribution < 1.29 is 18.9 Å². The molecular formula is C30H35N3O4. The van der Waals surface area contributed by atoms with Crippen LogP contribution in [0.3, 0.4) is 0 Å². The highest BCUT2D eigenvalue weighted by molar-refractivity contribution is 5.82. The Morgan fingerprint density at radius 1 is 0.892 bits per heavy atom. The molecule has 37 heavy (non-hydrogen) atoms. The number of fused-ring (bicyclic) bond motifs is 1. The number of nitrogens with zero attached hydrogens (tertiary/aromatic N) is 2. The topological polar surface area (TPSA) is 66.8 Å². The van der Waals surface area contributed by atoms with Gasteiger partial charge in [0.25, 0.3) is 0 Å². The van der Waals surface area contributed by atoms with Crippen LogP contribution in [0.15, 0.2) is 60.7 Å². The van der Waals surface area contributed by atoms with E-state index in [-0.39, 0.29) is 6.10 Å². The number of imidazole rings is 1. The van der Waals surface area contributed by atoms with Gasteiger partial charge in [-0.25, -0.2) is 4.98 Å². The van der Waals surface area contributed by atoms with Crippen molar-refractivity contribution in [3.05, 3.63) is 60.7 Å². The Morgan fingerprint density at radius 2 is 1.68 bits per heavy atom. The van der Waals surface area contributed by atoms with Crippen LogP contribution in [0.4, 0.5) is 0 Å². The van der Waals surface area contributed by atoms with Crippen molar-refractivity contribution in [2.75, 3.05) is 27.3 Å². The van der Waals surface area contributed by atoms with Crippen LogP contribution in [-0.4, -0.2) is 43.0 Å². The van der Waals surface area contributed by atoms with E-state index in [1.165, 1.54) is 0 Å². The van der Waals surface area contributed by atoms with E-state index in [4.69, 9.17) is 23.9 Å². The first-order valence-electron chi connectivity index (χ1n) is 13.1. The zero-order valence-electron chi connectivity index (χ0n) is 21.8. The number of benzene rings is 3. The van der Waals surface area contributed by atoms with E-state index < -0.39 is 0 Å². The molecule has 7 nitrogen and oxygen atoms in total. The molecule has 1 fully saturated rings. The molecule has 0 unspecified atom stereocenters. The Morgan fingerprint density at radius 3 is 2.46 bits per heavy atom. The van der Waals surface area contributed by atoms with Gasteiger partial charge in [-0.3, -0.25) is 0 Å². The molecule has 0 amide bonds. The van der Waals surface area contributed by atoms with Gasteiger partial charge < -0.3 is 28.8 Å². The summed E-state index contributed by atoms with van der Waals surface area (Å²) >= 11 is 0. The first-order valence-corrected chi connectivity index (χ1v) is 13.1. The standard InChI is InChI=1S/C30H35N3O4/c1-4-5-17-33-27-19-24(36-22-13-15-31-16-14-22)9-11-26(27)32-30(33)21-7-6-8-23(18-21)37-25-10-12-28(34-2)29(20-25)35-3/h6-12,18-20,22,31H,4-5,13-17H2,1-3H3. The van der Waals surface area contributed by atoms with Crippen LogP contribution in [0.5, 0.6) is 28.7 Å². The SMILES string of the molecule is CCCCn1c(-c2cccc(Oc3ccc(OC)c(OC)c3)c2)nc2ccc(OC3CCNCC3)cc21. The number of aryl methyl sites for hydroxylation is 1. The van der Waals surface area contributed by atoms with Gasteiger partial charge in [0.1, 0.15) is 29.2 Å². The number of hydrogen-bond acceptors (Lipinski definition) is 6. The van der Waals surface area contributed by atoms with E-state index in [1.54, 1.807) is 14.2 Å². The molecule has 1 saturated heterocycles. The van der Waals surface area contributed by atoms with Gasteiger partial charge >= 0.3 is 0 Å². The lowest BCUT2D eigenvalue weighted by Gasteiger charge is -2.23. The number of rotatable bonds is 10. The van der Waals surface area contributed by atoms with Gasteiger partial charge in [0.2, 0.25) is 0 Å². The van der Waals surface area contributed by atoms with Gasteiger partial charge in [0.05, 0.1) is 25.3 Å². The quantitative estimate of drug-likeness (QED) is 0.270. The first kappa shape index (κ1) is 25.0. The summed E-state index contributed by atoms with van der Waals surface area (Å²) in [7, 11) is 3.24. The highest BCUT2D eigenvalue weighted by Gasteiger charge is 2.18. The van der Waals surface area contributed by atoms with Gasteiger partial charge in [-0.2, -0.15) is 0 Å². The summed E-state index contributed by atoms with van der Waals surface area (Å²) < 4.78 is 25.6. The Hall–Kier alpha value is -3.71. The van der Waals surface area contributed by atoms with E-state index in [2.05, 4.69) is 35.0 Å². The van der Waals surface area contributed by atoms with Crippen LogP contribution in [0.25, 0.3) is 22.4 Å². The van der Waals surface area contributed by atoms with Crippen LogP contribution < -0.4 is 24.3 Å². The van der Waals surface area contributed by atoms with Crippen molar-refractivity contribution in [2.24, 2.45) is 0 Å². The maximum Gasteiger partial charge on any atom is 0.164 e. The van der Waals surface area contributed by atoms with Gasteiger partial charge in [-0.05, 0) is 68.8 Å². The third kappa shape index (κ3) is 5.67. The third-order valence-electron chi connectivity index (χ3n) is 6.73. The monoisotopic (exact) mass is 501 g/mol. The molecule has 0 saturated carbocycles. The largest absolute Gasteiger partial charge is 0.493 e. The molecule has 1 aliphatic rings. The van der Waals surface area contributed by atoms with E-state index in [0.717, 1.165) is 79.2 Å². The number of nitrogens with one attached hydrogen (secondary N) is 1. The molecule has 0 radical (unpaired) electrons. The van der Waals surface area contributed by atoms with E-state index in [1.807, 2.05) is 42.5 Å². The fourth-order valence-electron chi connectivity index (χ4n) is 4.76. The minimum atomic E-state index is 0.260. The molecule has 2 heterocycles. The number of hydrogen-bond donors (Lipinski definition) is 1. The molecule has 3 aromatic carbocycles. The first-order chi connectivity index (χ1) is 18.2. The molecular weight excluding hydrogens is 466 g/mol. The van der Waals surface area contributed by atoms with Crippen LogP contribution in [0, 0.1) is 0 Å². The zero-order chi connectivity index (χ0) is 25.6. The van der Waals surface area contributed by atoms with Crippen molar-refractivity contribution >= 4 is 11.0 Å². The smallest absolute Gasteiger partial charge is 0.164 e. The highest BCUT2D eigenvalue weighted by Crippen LogP contribution is 2.35. The van der Waals surface area contributed by atoms with Crippen LogP contribution >= 0.6 is 0 Å². The van der Waals surface area contributed by atoms with Crippen LogP contribution in [0.2, 0.25) is 0 Å². The number of piperidine rings is 1. The highest BCUT2D eigenvalue weighted by atomic mass is 16.5. The number of aromatic nitrogens is 2. The number of methoxy groups -OCH3 is 2. The lowest BCUT2D eigenvalue weighted by molar-refractivity contribution is 0.162. The van der Waals surface area contributed by atoms with E-state index >= 15 is 0 Å². The second kappa shape index (κ2) is 11.6. The summed E-state index contributed by atoms with van der Waals surface area (Å²) in [5, 5.41) is 3.40. The molecule has 1 aliphatic heterocycles. The van der Waals surface area contributed by atoms with E-state index in [9.17, 15) is 0 Å². The van der Waals surface area contributed by atoms with Gasteiger partial charge in [-0.1, -0.05) is 25.5 Å². The Bertz CT molecular complexity index is 1340. The lowest BCUT2D eigenvalue weighted by atomic mass is 10.1. The van der Waals surface area contributed by atoms with E-state index in [0.29, 0.717) is 17.2 Å². The number of unbranched alkanes of at least 4 members (excludes halogenated alkanes) is 1. The summed E-state index contributed by atoms with van der Waals surface area (Å²) in [4.78, 5) is 5.03. The third-order valence-corrected chi connectivity index (χ3v) is 6.73. The summed E-state index contributed by atoms with van der Waals surface area (Å²) in [5.74, 6) is 4.54. The van der Waals surface area contributed by atoms with Crippen molar-refractivity contribution in [3.8, 4) is 40.1 Å². The minimum absolute atomic E-state index is 0.260. The molecule has 0 aliphatic carbocycles. The molecule has 0 atom stereocenters. The molecule has 1 aromatic heterocycles. The zero-order valence-corrected chi connectivity index (χ0v) is 21.8. The van der Waals surface area contributed by atoms with Crippen LogP contribution in [0.1, 0.15) is 32.6 Å². The molecule has 4 aromatic rings. The van der Waals surface area contributed by atoms with Gasteiger partial charge in [0, 0.05) is 24.2 Å². The van der Waals surface area contributed by atoms with Crippen molar-refractivity contribution in [1.82, 2.24) is 14.9 Å². The second-order valence-corrected chi connectivity index (χ2v) is 9.31. The lowest BCUT2D eigenvalue weighted by Crippen LogP contribution is -2.34. The minimum Gasteiger partial charge on any atom is -0.493 e. The maximum atomic E-state index is 6.34. The van der Waals surface area contributed by atoms with Gasteiger partial charge in [-0.15, -0.1) is 0 Å². The molecule has 0 spiro atoms. The average Bonchev–Trinajstić information content (AvgIpc) is 3.30. The predicted octanol–water partition coefficient (Wildman–Crippen LogP) is 6.44. The van der Waals surface area contributed by atoms with Crippen molar-refractivity contribution in [2.45, 2.75) is 45.3 Å². The molecule has 7 heteroatoms. The second-order valence-electron chi connectivity index (χ2n) is 9.31. The normalized spacial score (nSPS) is 14.0. The Labute approximate surface area is 218 Å². The van der Waals surface area contributed by atoms with Crippen molar-refractivity contribution in [1.29, 1.82) is 0 Å². The Balaban J connectivity index is 1.46. The van der Waals surface area contributed by atoms with Crippen molar-refractivity contribution in [3.63, 3.8) is 0 Å². The fraction of sp³-hybridized carbons (Fsp3) is 0.367. The number of ether oxygens (including phenoxy) is 4. The Kier molecular flexibility index (Phi) is 7.80. The fourth-order valence-corrected chi connectivity index (χ4v) is 4.76. The van der Waals surface area contributed by atoms with Crippen LogP contribution in [-0.2, 0) is 6.54 Å². The molecule has 0 bridgehead atoms. The summed E-state index contributed by atoms with van der Waals surface area (Å²) in [6, 6.07) is 19.9. The maximum absolute atomic E-state index is 6.34. The van der Waals surface area contributed by atoms with Gasteiger partial charge in [0.15, 0.2) is 11.5 Å². The molecule has 1 N–H and O–H groups in total. The molecule has 194 valence electrons. The summed E-state index contributed by atoms with van der Waals surface area (Å²) in [5.41, 5.74) is 3.07. The summed E-state index contributed by atoms with van der Waals surface area (Å²) in [6.45, 7) is 5.11. The average molecular weight is 502 g/mol. The molecule has 5 rings (SSSR count).